The van der Waals surface area contributed by atoms with Crippen molar-refractivity contribution in [2.45, 2.75) is 40.0 Å². The van der Waals surface area contributed by atoms with Crippen molar-refractivity contribution in [3.8, 4) is 0 Å². The van der Waals surface area contributed by atoms with Gasteiger partial charge in [0.25, 0.3) is 0 Å². The van der Waals surface area contributed by atoms with Crippen LogP contribution in [0, 0.1) is 6.92 Å². The fourth-order valence-electron chi connectivity index (χ4n) is 1.90. The molecule has 1 N–H and O–H groups in total. The monoisotopic (exact) mass is 355 g/mol. The lowest BCUT2D eigenvalue weighted by atomic mass is 9.94. The maximum atomic E-state index is 5.49. The van der Waals surface area contributed by atoms with Gasteiger partial charge in [0.15, 0.2) is 5.13 Å². The number of rotatable bonds is 3. The first-order chi connectivity index (χ1) is 11.9. The molecule has 4 nitrogen and oxygen atoms in total. The summed E-state index contributed by atoms with van der Waals surface area (Å²) in [6.45, 7) is 10.3. The number of nitrogens with one attached hydrogen (secondary N) is 1. The summed E-state index contributed by atoms with van der Waals surface area (Å²) in [6.07, 6.45) is 7.35. The van der Waals surface area contributed by atoms with Crippen LogP contribution >= 0.6 is 11.3 Å². The minimum absolute atomic E-state index is 0.0484. The van der Waals surface area contributed by atoms with Gasteiger partial charge in [0.1, 0.15) is 5.76 Å². The van der Waals surface area contributed by atoms with Crippen LogP contribution in [0.5, 0.6) is 0 Å². The summed E-state index contributed by atoms with van der Waals surface area (Å²) in [7, 11) is 0. The van der Waals surface area contributed by atoms with Gasteiger partial charge in [-0.15, -0.1) is 11.3 Å². The summed E-state index contributed by atoms with van der Waals surface area (Å²) >= 11 is 1.60. The fourth-order valence-corrected chi connectivity index (χ4v) is 2.45. The molecule has 2 heterocycles. The van der Waals surface area contributed by atoms with Crippen molar-refractivity contribution in [1.82, 2.24) is 9.97 Å². The van der Waals surface area contributed by atoms with Crippen molar-refractivity contribution in [3.63, 3.8) is 0 Å². The Morgan fingerprint density at radius 2 is 1.84 bits per heavy atom. The van der Waals surface area contributed by atoms with Crippen LogP contribution in [-0.2, 0) is 5.41 Å². The average molecular weight is 356 g/mol. The van der Waals surface area contributed by atoms with Crippen LogP contribution in [-0.4, -0.2) is 9.97 Å². The molecular weight excluding hydrogens is 330 g/mol. The van der Waals surface area contributed by atoms with Gasteiger partial charge in [-0.25, -0.2) is 9.97 Å². The Labute approximate surface area is 153 Å². The Hall–Kier alpha value is -2.40. The number of anilines is 2. The molecular formula is C20H25N3OS. The lowest BCUT2D eigenvalue weighted by Crippen LogP contribution is -2.09. The van der Waals surface area contributed by atoms with Crippen LogP contribution in [0.3, 0.4) is 0 Å². The quantitative estimate of drug-likeness (QED) is 0.607. The molecule has 3 rings (SSSR count). The van der Waals surface area contributed by atoms with E-state index in [9.17, 15) is 0 Å². The Morgan fingerprint density at radius 1 is 1.12 bits per heavy atom. The van der Waals surface area contributed by atoms with E-state index in [1.807, 2.05) is 24.5 Å². The summed E-state index contributed by atoms with van der Waals surface area (Å²) in [5.41, 5.74) is 2.40. The number of aryl methyl sites for hydroxylation is 1. The summed E-state index contributed by atoms with van der Waals surface area (Å²) < 4.78 is 5.49. The molecule has 0 radical (unpaired) electrons. The third-order valence-electron chi connectivity index (χ3n) is 3.31. The number of thiazole rings is 1. The predicted molar refractivity (Wildman–Crippen MR) is 106 cm³/mol. The van der Waals surface area contributed by atoms with Crippen molar-refractivity contribution in [2.24, 2.45) is 0 Å². The minimum atomic E-state index is 0.0484. The van der Waals surface area contributed by atoms with Crippen molar-refractivity contribution in [3.05, 3.63) is 65.3 Å². The van der Waals surface area contributed by atoms with E-state index in [0.29, 0.717) is 5.89 Å². The number of nitrogens with zero attached hydrogens (tertiary/aromatic N) is 2. The summed E-state index contributed by atoms with van der Waals surface area (Å²) in [4.78, 5) is 8.26. The van der Waals surface area contributed by atoms with Gasteiger partial charge in [-0.05, 0) is 32.1 Å². The van der Waals surface area contributed by atoms with E-state index in [1.165, 1.54) is 5.56 Å². The largest absolute Gasteiger partial charge is 0.441 e. The number of hydrogen-bond donors (Lipinski definition) is 1. The Balaban J connectivity index is 0.000000181. The molecule has 0 aliphatic rings. The number of aromatic nitrogens is 2. The van der Waals surface area contributed by atoms with Crippen LogP contribution in [0.1, 0.15) is 44.9 Å². The van der Waals surface area contributed by atoms with Crippen LogP contribution < -0.4 is 5.32 Å². The molecule has 0 saturated carbocycles. The van der Waals surface area contributed by atoms with Gasteiger partial charge >= 0.3 is 0 Å². The number of allylic oxidation sites excluding steroid dienone is 1. The maximum absolute atomic E-state index is 5.49. The molecule has 0 spiro atoms. The second-order valence-electron chi connectivity index (χ2n) is 6.64. The highest BCUT2D eigenvalue weighted by Crippen LogP contribution is 2.22. The van der Waals surface area contributed by atoms with Crippen LogP contribution in [0.2, 0.25) is 0 Å². The first kappa shape index (κ1) is 18.9. The van der Waals surface area contributed by atoms with E-state index in [2.05, 4.69) is 67.2 Å². The Kier molecular flexibility index (Phi) is 6.53. The molecule has 0 aliphatic carbocycles. The number of hydrogen-bond acceptors (Lipinski definition) is 5. The molecule has 5 heteroatoms. The first-order valence-electron chi connectivity index (χ1n) is 8.20. The predicted octanol–water partition coefficient (Wildman–Crippen LogP) is 6.20. The zero-order chi connectivity index (χ0) is 18.3. The second-order valence-corrected chi connectivity index (χ2v) is 7.54. The molecule has 0 aliphatic heterocycles. The topological polar surface area (TPSA) is 51.0 Å². The van der Waals surface area contributed by atoms with E-state index in [1.54, 1.807) is 23.7 Å². The van der Waals surface area contributed by atoms with E-state index in [-0.39, 0.29) is 5.41 Å². The van der Waals surface area contributed by atoms with Gasteiger partial charge in [-0.3, -0.25) is 0 Å². The molecule has 132 valence electrons. The highest BCUT2D eigenvalue weighted by Gasteiger charge is 2.18. The van der Waals surface area contributed by atoms with Crippen LogP contribution in [0.4, 0.5) is 10.8 Å². The van der Waals surface area contributed by atoms with Crippen molar-refractivity contribution >= 4 is 28.2 Å². The number of oxazole rings is 1. The highest BCUT2D eigenvalue weighted by atomic mass is 32.1. The van der Waals surface area contributed by atoms with E-state index in [4.69, 9.17) is 4.42 Å². The molecule has 0 bridgehead atoms. The Morgan fingerprint density at radius 3 is 2.36 bits per heavy atom. The van der Waals surface area contributed by atoms with Gasteiger partial charge in [0.2, 0.25) is 5.89 Å². The highest BCUT2D eigenvalue weighted by molar-refractivity contribution is 7.13. The van der Waals surface area contributed by atoms with Gasteiger partial charge in [0, 0.05) is 22.7 Å². The zero-order valence-corrected chi connectivity index (χ0v) is 16.2. The summed E-state index contributed by atoms with van der Waals surface area (Å²) in [5, 5.41) is 6.11. The van der Waals surface area contributed by atoms with Gasteiger partial charge in [-0.2, -0.15) is 0 Å². The van der Waals surface area contributed by atoms with Crippen LogP contribution in [0.25, 0.3) is 6.08 Å². The van der Waals surface area contributed by atoms with Crippen molar-refractivity contribution < 1.29 is 4.42 Å². The van der Waals surface area contributed by atoms with E-state index in [0.717, 1.165) is 16.6 Å². The minimum Gasteiger partial charge on any atom is -0.441 e. The summed E-state index contributed by atoms with van der Waals surface area (Å²) in [6, 6.07) is 8.26. The lowest BCUT2D eigenvalue weighted by Gasteiger charge is -2.12. The molecule has 0 unspecified atom stereocenters. The molecule has 3 aromatic rings. The molecule has 2 aromatic heterocycles. The SMILES string of the molecule is C/C=C/c1ncc(C(C)(C)C)o1.Cc1ccc(Nc2nccs2)cc1. The van der Waals surface area contributed by atoms with Gasteiger partial charge in [-0.1, -0.05) is 44.5 Å². The molecule has 0 fully saturated rings. The fraction of sp³-hybridized carbons (Fsp3) is 0.300. The summed E-state index contributed by atoms with van der Waals surface area (Å²) in [5.74, 6) is 1.61. The van der Waals surface area contributed by atoms with E-state index < -0.39 is 0 Å². The molecule has 0 saturated heterocycles. The van der Waals surface area contributed by atoms with E-state index >= 15 is 0 Å². The smallest absolute Gasteiger partial charge is 0.218 e. The first-order valence-corrected chi connectivity index (χ1v) is 9.08. The third kappa shape index (κ3) is 6.19. The third-order valence-corrected chi connectivity index (χ3v) is 4.00. The van der Waals surface area contributed by atoms with Crippen LogP contribution in [0.15, 0.2) is 52.5 Å². The van der Waals surface area contributed by atoms with Crippen molar-refractivity contribution in [2.75, 3.05) is 5.32 Å². The normalized spacial score (nSPS) is 11.2. The second kappa shape index (κ2) is 8.62. The standard InChI is InChI=1S/C10H10N2S.C10H15NO/c1-8-2-4-9(5-3-8)12-10-11-6-7-13-10;1-5-6-9-11-7-8(12-9)10(2,3)4/h2-7H,1H3,(H,11,12);5-7H,1-4H3/b;6-5+. The molecule has 0 atom stereocenters. The van der Waals surface area contributed by atoms with Gasteiger partial charge in [0.05, 0.1) is 6.20 Å². The molecule has 1 aromatic carbocycles. The zero-order valence-electron chi connectivity index (χ0n) is 15.4. The average Bonchev–Trinajstić information content (AvgIpc) is 3.22. The maximum Gasteiger partial charge on any atom is 0.218 e. The molecule has 0 amide bonds. The van der Waals surface area contributed by atoms with Gasteiger partial charge < -0.3 is 9.73 Å². The number of benzene rings is 1. The lowest BCUT2D eigenvalue weighted by molar-refractivity contribution is 0.403. The Bertz CT molecular complexity index is 781. The van der Waals surface area contributed by atoms with Crippen molar-refractivity contribution in [1.29, 1.82) is 0 Å². The molecule has 25 heavy (non-hydrogen) atoms.